The molecule has 1 atom stereocenters. The van der Waals surface area contributed by atoms with Crippen LogP contribution in [0.1, 0.15) is 57.6 Å². The molecule has 21 heavy (non-hydrogen) atoms. The summed E-state index contributed by atoms with van der Waals surface area (Å²) in [6.07, 6.45) is 6.78. The van der Waals surface area contributed by atoms with Crippen LogP contribution in [0.4, 0.5) is 5.69 Å². The Balaban J connectivity index is 1.72. The Bertz CT molecular complexity index is 480. The summed E-state index contributed by atoms with van der Waals surface area (Å²) in [6.45, 7) is 6.80. The first-order valence-electron chi connectivity index (χ1n) is 8.48. The van der Waals surface area contributed by atoms with Gasteiger partial charge in [0.05, 0.1) is 5.69 Å². The van der Waals surface area contributed by atoms with Crippen LogP contribution < -0.4 is 10.2 Å². The van der Waals surface area contributed by atoms with E-state index in [2.05, 4.69) is 58.2 Å². The molecule has 1 aromatic rings. The van der Waals surface area contributed by atoms with Crippen molar-refractivity contribution in [3.63, 3.8) is 0 Å². The highest BCUT2D eigenvalue weighted by Crippen LogP contribution is 2.40. The van der Waals surface area contributed by atoms with Crippen molar-refractivity contribution in [1.82, 2.24) is 5.32 Å². The van der Waals surface area contributed by atoms with Crippen molar-refractivity contribution >= 4 is 21.6 Å². The zero-order valence-electron chi connectivity index (χ0n) is 13.2. The molecule has 3 heteroatoms. The molecule has 2 fully saturated rings. The summed E-state index contributed by atoms with van der Waals surface area (Å²) in [4.78, 5) is 2.65. The zero-order chi connectivity index (χ0) is 14.8. The maximum atomic E-state index is 3.82. The topological polar surface area (TPSA) is 15.3 Å². The van der Waals surface area contributed by atoms with E-state index in [9.17, 15) is 0 Å². The van der Waals surface area contributed by atoms with E-state index < -0.39 is 0 Å². The Morgan fingerprint density at radius 1 is 1.29 bits per heavy atom. The third kappa shape index (κ3) is 4.01. The van der Waals surface area contributed by atoms with Gasteiger partial charge in [-0.25, -0.2) is 0 Å². The molecule has 1 unspecified atom stereocenters. The molecular weight excluding hydrogens is 324 g/mol. The number of nitrogens with one attached hydrogen (secondary N) is 1. The molecule has 0 aliphatic heterocycles. The molecule has 2 saturated carbocycles. The fourth-order valence-corrected chi connectivity index (χ4v) is 3.54. The number of rotatable bonds is 8. The van der Waals surface area contributed by atoms with Gasteiger partial charge in [-0.15, -0.1) is 0 Å². The molecule has 2 aliphatic carbocycles. The quantitative estimate of drug-likeness (QED) is 0.717. The number of benzene rings is 1. The highest BCUT2D eigenvalue weighted by Gasteiger charge is 2.34. The van der Waals surface area contributed by atoms with Crippen LogP contribution in [0.5, 0.6) is 0 Å². The van der Waals surface area contributed by atoms with Gasteiger partial charge in [-0.1, -0.05) is 13.0 Å². The van der Waals surface area contributed by atoms with E-state index in [4.69, 9.17) is 0 Å². The Morgan fingerprint density at radius 2 is 2.05 bits per heavy atom. The summed E-state index contributed by atoms with van der Waals surface area (Å²) in [6, 6.07) is 8.15. The molecule has 0 amide bonds. The van der Waals surface area contributed by atoms with Gasteiger partial charge >= 0.3 is 0 Å². The van der Waals surface area contributed by atoms with Gasteiger partial charge in [-0.05, 0) is 85.1 Å². The zero-order valence-corrected chi connectivity index (χ0v) is 14.8. The van der Waals surface area contributed by atoms with Gasteiger partial charge in [0.1, 0.15) is 0 Å². The lowest BCUT2D eigenvalue weighted by molar-refractivity contribution is 0.570. The summed E-state index contributed by atoms with van der Waals surface area (Å²) in [5, 5.41) is 3.57. The second-order valence-electron chi connectivity index (χ2n) is 6.71. The molecule has 0 bridgehead atoms. The van der Waals surface area contributed by atoms with Crippen molar-refractivity contribution < 1.29 is 0 Å². The van der Waals surface area contributed by atoms with E-state index in [1.54, 1.807) is 0 Å². The number of halogens is 1. The number of hydrogen-bond acceptors (Lipinski definition) is 2. The molecule has 3 rings (SSSR count). The van der Waals surface area contributed by atoms with Crippen molar-refractivity contribution in [3.05, 3.63) is 28.2 Å². The summed E-state index contributed by atoms with van der Waals surface area (Å²) < 4.78 is 1.26. The smallest absolute Gasteiger partial charge is 0.0513 e. The van der Waals surface area contributed by atoms with Crippen molar-refractivity contribution in [2.45, 2.75) is 58.0 Å². The number of nitrogens with zero attached hydrogens (tertiary/aromatic N) is 1. The SMILES string of the molecule is CCCNC(C)c1ccc(N(CC2CC2)C2CC2)c(Br)c1. The maximum Gasteiger partial charge on any atom is 0.0513 e. The Kier molecular flexibility index (Phi) is 4.90. The van der Waals surface area contributed by atoms with Crippen molar-refractivity contribution in [2.75, 3.05) is 18.0 Å². The molecule has 0 radical (unpaired) electrons. The summed E-state index contributed by atoms with van der Waals surface area (Å²) in [5.74, 6) is 0.947. The second-order valence-corrected chi connectivity index (χ2v) is 7.57. The number of anilines is 1. The summed E-state index contributed by atoms with van der Waals surface area (Å²) in [5.41, 5.74) is 2.78. The minimum Gasteiger partial charge on any atom is -0.367 e. The average Bonchev–Trinajstić information content (AvgIpc) is 3.36. The molecule has 0 spiro atoms. The van der Waals surface area contributed by atoms with Crippen LogP contribution in [-0.2, 0) is 0 Å². The van der Waals surface area contributed by atoms with Crippen molar-refractivity contribution in [2.24, 2.45) is 5.92 Å². The molecule has 1 N–H and O–H groups in total. The first-order valence-corrected chi connectivity index (χ1v) is 9.27. The minimum atomic E-state index is 0.424. The molecule has 0 saturated heterocycles. The maximum absolute atomic E-state index is 3.82. The minimum absolute atomic E-state index is 0.424. The lowest BCUT2D eigenvalue weighted by Gasteiger charge is -2.27. The van der Waals surface area contributed by atoms with E-state index >= 15 is 0 Å². The lowest BCUT2D eigenvalue weighted by atomic mass is 10.1. The third-order valence-corrected chi connectivity index (χ3v) is 5.26. The van der Waals surface area contributed by atoms with E-state index in [0.29, 0.717) is 6.04 Å². The monoisotopic (exact) mass is 350 g/mol. The highest BCUT2D eigenvalue weighted by molar-refractivity contribution is 9.10. The molecule has 2 aliphatic rings. The van der Waals surface area contributed by atoms with E-state index in [-0.39, 0.29) is 0 Å². The standard InChI is InChI=1S/C18H27BrN2/c1-3-10-20-13(2)15-6-9-18(17(19)11-15)21(16-7-8-16)12-14-4-5-14/h6,9,11,13-14,16,20H,3-5,7-8,10,12H2,1-2H3. The highest BCUT2D eigenvalue weighted by atomic mass is 79.9. The van der Waals surface area contributed by atoms with Gasteiger partial charge in [0.15, 0.2) is 0 Å². The van der Waals surface area contributed by atoms with Crippen molar-refractivity contribution in [1.29, 1.82) is 0 Å². The fourth-order valence-electron chi connectivity index (χ4n) is 2.91. The molecule has 1 aromatic carbocycles. The van der Waals surface area contributed by atoms with Crippen LogP contribution in [0.25, 0.3) is 0 Å². The molecule has 2 nitrogen and oxygen atoms in total. The fraction of sp³-hybridized carbons (Fsp3) is 0.667. The van der Waals surface area contributed by atoms with Crippen LogP contribution in [0.3, 0.4) is 0 Å². The van der Waals surface area contributed by atoms with Gasteiger partial charge < -0.3 is 10.2 Å². The van der Waals surface area contributed by atoms with Gasteiger partial charge in [-0.3, -0.25) is 0 Å². The molecular formula is C18H27BrN2. The van der Waals surface area contributed by atoms with Crippen LogP contribution in [0, 0.1) is 5.92 Å². The van der Waals surface area contributed by atoms with Gasteiger partial charge in [0.2, 0.25) is 0 Å². The molecule has 0 heterocycles. The Morgan fingerprint density at radius 3 is 2.62 bits per heavy atom. The largest absolute Gasteiger partial charge is 0.367 e. The summed E-state index contributed by atoms with van der Waals surface area (Å²) >= 11 is 3.82. The van der Waals surface area contributed by atoms with Crippen LogP contribution in [0.15, 0.2) is 22.7 Å². The van der Waals surface area contributed by atoms with Gasteiger partial charge in [-0.2, -0.15) is 0 Å². The average molecular weight is 351 g/mol. The predicted molar refractivity (Wildman–Crippen MR) is 93.9 cm³/mol. The second kappa shape index (κ2) is 6.70. The van der Waals surface area contributed by atoms with Crippen LogP contribution >= 0.6 is 15.9 Å². The molecule has 0 aromatic heterocycles. The first-order chi connectivity index (χ1) is 10.2. The normalized spacial score (nSPS) is 19.6. The first kappa shape index (κ1) is 15.4. The van der Waals surface area contributed by atoms with Gasteiger partial charge in [0, 0.05) is 23.1 Å². The Labute approximate surface area is 137 Å². The predicted octanol–water partition coefficient (Wildman–Crippen LogP) is 4.89. The number of hydrogen-bond donors (Lipinski definition) is 1. The van der Waals surface area contributed by atoms with E-state index in [0.717, 1.165) is 18.5 Å². The van der Waals surface area contributed by atoms with E-state index in [1.807, 2.05) is 0 Å². The summed E-state index contributed by atoms with van der Waals surface area (Å²) in [7, 11) is 0. The Hall–Kier alpha value is -0.540. The lowest BCUT2D eigenvalue weighted by Crippen LogP contribution is -2.28. The van der Waals surface area contributed by atoms with Crippen LogP contribution in [-0.4, -0.2) is 19.1 Å². The molecule has 116 valence electrons. The van der Waals surface area contributed by atoms with Gasteiger partial charge in [0.25, 0.3) is 0 Å². The van der Waals surface area contributed by atoms with E-state index in [1.165, 1.54) is 54.4 Å². The van der Waals surface area contributed by atoms with Crippen LogP contribution in [0.2, 0.25) is 0 Å². The third-order valence-electron chi connectivity index (χ3n) is 4.62. The van der Waals surface area contributed by atoms with Crippen molar-refractivity contribution in [3.8, 4) is 0 Å².